The minimum absolute atomic E-state index is 0.649. The Bertz CT molecular complexity index is 492. The maximum absolute atomic E-state index is 5.64. The number of hydrogen-bond acceptors (Lipinski definition) is 3. The van der Waals surface area contributed by atoms with E-state index in [1.54, 1.807) is 0 Å². The molecule has 21 heavy (non-hydrogen) atoms. The van der Waals surface area contributed by atoms with Crippen molar-refractivity contribution in [3.8, 4) is 11.5 Å². The van der Waals surface area contributed by atoms with E-state index in [2.05, 4.69) is 36.2 Å². The molecule has 3 heteroatoms. The highest BCUT2D eigenvalue weighted by Crippen LogP contribution is 2.31. The van der Waals surface area contributed by atoms with Crippen molar-refractivity contribution in [1.82, 2.24) is 4.90 Å². The van der Waals surface area contributed by atoms with Crippen LogP contribution in [0.4, 0.5) is 0 Å². The monoisotopic (exact) mass is 287 g/mol. The molecule has 1 aliphatic carbocycles. The number of hydrogen-bond donors (Lipinski definition) is 0. The molecule has 0 amide bonds. The van der Waals surface area contributed by atoms with Gasteiger partial charge in [-0.2, -0.15) is 0 Å². The molecule has 1 saturated carbocycles. The van der Waals surface area contributed by atoms with Gasteiger partial charge in [0.15, 0.2) is 11.5 Å². The Balaban J connectivity index is 1.51. The predicted octanol–water partition coefficient (Wildman–Crippen LogP) is 3.64. The fourth-order valence-electron chi connectivity index (χ4n) is 3.15. The van der Waals surface area contributed by atoms with E-state index < -0.39 is 0 Å². The Morgan fingerprint density at radius 2 is 1.90 bits per heavy atom. The number of likely N-dealkylation sites (N-methyl/N-ethyl adjacent to an activating group) is 1. The molecule has 1 aromatic rings. The van der Waals surface area contributed by atoms with Crippen LogP contribution in [0.15, 0.2) is 30.4 Å². The standard InChI is InChI=1S/C18H25NO2/c1-19(10-4-7-15-5-2-3-6-15)14-16-8-9-17-18(13-16)21-12-11-20-17/h4,7-9,13,15H,2-3,5-6,10-12,14H2,1H3/b7-4+. The smallest absolute Gasteiger partial charge is 0.161 e. The van der Waals surface area contributed by atoms with Crippen molar-refractivity contribution in [1.29, 1.82) is 0 Å². The third-order valence-electron chi connectivity index (χ3n) is 4.28. The molecule has 0 radical (unpaired) electrons. The van der Waals surface area contributed by atoms with Gasteiger partial charge < -0.3 is 9.47 Å². The quantitative estimate of drug-likeness (QED) is 0.772. The van der Waals surface area contributed by atoms with Gasteiger partial charge in [0, 0.05) is 13.1 Å². The van der Waals surface area contributed by atoms with Gasteiger partial charge in [-0.15, -0.1) is 0 Å². The molecule has 0 unspecified atom stereocenters. The number of rotatable bonds is 5. The highest BCUT2D eigenvalue weighted by Gasteiger charge is 2.13. The second-order valence-electron chi connectivity index (χ2n) is 6.15. The van der Waals surface area contributed by atoms with Crippen molar-refractivity contribution in [3.63, 3.8) is 0 Å². The average Bonchev–Trinajstić information content (AvgIpc) is 3.00. The molecule has 1 heterocycles. The maximum atomic E-state index is 5.64. The number of fused-ring (bicyclic) bond motifs is 1. The van der Waals surface area contributed by atoms with Crippen LogP contribution >= 0.6 is 0 Å². The number of allylic oxidation sites excluding steroid dienone is 1. The van der Waals surface area contributed by atoms with Crippen LogP contribution in [0.5, 0.6) is 11.5 Å². The molecular weight excluding hydrogens is 262 g/mol. The molecule has 2 aliphatic rings. The molecule has 0 bridgehead atoms. The maximum Gasteiger partial charge on any atom is 0.161 e. The van der Waals surface area contributed by atoms with Crippen molar-refractivity contribution >= 4 is 0 Å². The molecule has 1 fully saturated rings. The largest absolute Gasteiger partial charge is 0.486 e. The Morgan fingerprint density at radius 3 is 2.71 bits per heavy atom. The molecule has 1 aliphatic heterocycles. The van der Waals surface area contributed by atoms with Gasteiger partial charge in [0.25, 0.3) is 0 Å². The summed E-state index contributed by atoms with van der Waals surface area (Å²) >= 11 is 0. The SMILES string of the molecule is CN(C/C=C/C1CCCC1)Cc1ccc2c(c1)OCCO2. The highest BCUT2D eigenvalue weighted by molar-refractivity contribution is 5.43. The van der Waals surface area contributed by atoms with E-state index in [4.69, 9.17) is 9.47 Å². The van der Waals surface area contributed by atoms with Gasteiger partial charge in [-0.05, 0) is 43.5 Å². The summed E-state index contributed by atoms with van der Waals surface area (Å²) in [6, 6.07) is 6.25. The Kier molecular flexibility index (Phi) is 4.81. The molecular formula is C18H25NO2. The van der Waals surface area contributed by atoms with Crippen LogP contribution in [0, 0.1) is 5.92 Å². The van der Waals surface area contributed by atoms with Gasteiger partial charge >= 0.3 is 0 Å². The molecule has 114 valence electrons. The number of nitrogens with zero attached hydrogens (tertiary/aromatic N) is 1. The van der Waals surface area contributed by atoms with Crippen LogP contribution < -0.4 is 9.47 Å². The summed E-state index contributed by atoms with van der Waals surface area (Å²) in [6.45, 7) is 3.24. The lowest BCUT2D eigenvalue weighted by Crippen LogP contribution is -2.19. The molecule has 0 N–H and O–H groups in total. The van der Waals surface area contributed by atoms with Gasteiger partial charge in [0.1, 0.15) is 13.2 Å². The van der Waals surface area contributed by atoms with E-state index in [-0.39, 0.29) is 0 Å². The molecule has 0 atom stereocenters. The molecule has 3 nitrogen and oxygen atoms in total. The molecule has 0 saturated heterocycles. The first kappa shape index (κ1) is 14.5. The van der Waals surface area contributed by atoms with E-state index in [0.717, 1.165) is 30.5 Å². The summed E-state index contributed by atoms with van der Waals surface area (Å²) in [5.74, 6) is 2.58. The van der Waals surface area contributed by atoms with Crippen molar-refractivity contribution in [2.24, 2.45) is 5.92 Å². The van der Waals surface area contributed by atoms with E-state index in [9.17, 15) is 0 Å². The van der Waals surface area contributed by atoms with Gasteiger partial charge in [0.05, 0.1) is 0 Å². The van der Waals surface area contributed by atoms with Gasteiger partial charge in [-0.1, -0.05) is 31.1 Å². The third kappa shape index (κ3) is 4.01. The topological polar surface area (TPSA) is 21.7 Å². The van der Waals surface area contributed by atoms with Gasteiger partial charge in [-0.3, -0.25) is 4.90 Å². The van der Waals surface area contributed by atoms with Crippen LogP contribution in [-0.4, -0.2) is 31.7 Å². The Hall–Kier alpha value is -1.48. The van der Waals surface area contributed by atoms with Crippen LogP contribution in [0.1, 0.15) is 31.2 Å². The zero-order valence-corrected chi connectivity index (χ0v) is 12.9. The first-order valence-electron chi connectivity index (χ1n) is 8.05. The van der Waals surface area contributed by atoms with Crippen molar-refractivity contribution < 1.29 is 9.47 Å². The van der Waals surface area contributed by atoms with Gasteiger partial charge in [-0.25, -0.2) is 0 Å². The Morgan fingerprint density at radius 1 is 1.14 bits per heavy atom. The number of benzene rings is 1. The first-order chi connectivity index (χ1) is 10.3. The molecule has 0 spiro atoms. The summed E-state index contributed by atoms with van der Waals surface area (Å²) < 4.78 is 11.2. The summed E-state index contributed by atoms with van der Waals surface area (Å²) in [5, 5.41) is 0. The first-order valence-corrected chi connectivity index (χ1v) is 8.05. The van der Waals surface area contributed by atoms with Crippen LogP contribution in [0.25, 0.3) is 0 Å². The minimum Gasteiger partial charge on any atom is -0.486 e. The van der Waals surface area contributed by atoms with Crippen LogP contribution in [-0.2, 0) is 6.54 Å². The van der Waals surface area contributed by atoms with Crippen LogP contribution in [0.3, 0.4) is 0 Å². The lowest BCUT2D eigenvalue weighted by atomic mass is 10.1. The third-order valence-corrected chi connectivity index (χ3v) is 4.28. The predicted molar refractivity (Wildman–Crippen MR) is 84.9 cm³/mol. The lowest BCUT2D eigenvalue weighted by molar-refractivity contribution is 0.171. The minimum atomic E-state index is 0.649. The van der Waals surface area contributed by atoms with Gasteiger partial charge in [0.2, 0.25) is 0 Å². The average molecular weight is 287 g/mol. The summed E-state index contributed by atoms with van der Waals surface area (Å²) in [6.07, 6.45) is 10.3. The van der Waals surface area contributed by atoms with E-state index in [1.807, 2.05) is 6.07 Å². The molecule has 1 aromatic carbocycles. The second-order valence-corrected chi connectivity index (χ2v) is 6.15. The van der Waals surface area contributed by atoms with Crippen LogP contribution in [0.2, 0.25) is 0 Å². The molecule has 0 aromatic heterocycles. The van der Waals surface area contributed by atoms with E-state index >= 15 is 0 Å². The fourth-order valence-corrected chi connectivity index (χ4v) is 3.15. The zero-order valence-electron chi connectivity index (χ0n) is 12.9. The lowest BCUT2D eigenvalue weighted by Gasteiger charge is -2.20. The summed E-state index contributed by atoms with van der Waals surface area (Å²) in [7, 11) is 2.16. The van der Waals surface area contributed by atoms with E-state index in [1.165, 1.54) is 31.2 Å². The fraction of sp³-hybridized carbons (Fsp3) is 0.556. The molecule has 3 rings (SSSR count). The van der Waals surface area contributed by atoms with Crippen molar-refractivity contribution in [2.75, 3.05) is 26.8 Å². The zero-order chi connectivity index (χ0) is 14.5. The van der Waals surface area contributed by atoms with Crippen molar-refractivity contribution in [2.45, 2.75) is 32.2 Å². The Labute approximate surface area is 127 Å². The van der Waals surface area contributed by atoms with Crippen molar-refractivity contribution in [3.05, 3.63) is 35.9 Å². The van der Waals surface area contributed by atoms with E-state index in [0.29, 0.717) is 13.2 Å². The number of ether oxygens (including phenoxy) is 2. The summed E-state index contributed by atoms with van der Waals surface area (Å²) in [4.78, 5) is 2.33. The normalized spacial score (nSPS) is 18.8. The summed E-state index contributed by atoms with van der Waals surface area (Å²) in [5.41, 5.74) is 1.27. The highest BCUT2D eigenvalue weighted by atomic mass is 16.6. The second kappa shape index (κ2) is 6.99.